The van der Waals surface area contributed by atoms with Crippen molar-refractivity contribution in [3.8, 4) is 17.2 Å². The van der Waals surface area contributed by atoms with Crippen molar-refractivity contribution >= 4 is 23.2 Å². The number of benzene rings is 3. The standard InChI is InChI=1S/C28H30N2O5/c1-4-35-24-13-7-20(8-14-24)29-28(32)25-17-18-26(31)30(21-9-15-23(34-3)16-10-21)27(25)19-5-11-22(33-2)12-6-19/h5-16,25,27H,4,17-18H2,1-3H3,(H,29,32)/t25-,27+/m1/s1. The van der Waals surface area contributed by atoms with Gasteiger partial charge in [-0.2, -0.15) is 0 Å². The van der Waals surface area contributed by atoms with Crippen molar-refractivity contribution in [3.05, 3.63) is 78.4 Å². The first-order valence-corrected chi connectivity index (χ1v) is 11.7. The fourth-order valence-corrected chi connectivity index (χ4v) is 4.43. The fraction of sp³-hybridized carbons (Fsp3) is 0.286. The topological polar surface area (TPSA) is 77.1 Å². The van der Waals surface area contributed by atoms with Crippen LogP contribution in [0.2, 0.25) is 0 Å². The van der Waals surface area contributed by atoms with Crippen molar-refractivity contribution in [3.63, 3.8) is 0 Å². The summed E-state index contributed by atoms with van der Waals surface area (Å²) in [7, 11) is 3.21. The van der Waals surface area contributed by atoms with Gasteiger partial charge in [-0.25, -0.2) is 0 Å². The van der Waals surface area contributed by atoms with Gasteiger partial charge in [0.2, 0.25) is 11.8 Å². The van der Waals surface area contributed by atoms with Crippen LogP contribution >= 0.6 is 0 Å². The lowest BCUT2D eigenvalue weighted by atomic mass is 9.83. The summed E-state index contributed by atoms with van der Waals surface area (Å²) in [6.45, 7) is 2.50. The first kappa shape index (κ1) is 24.1. The summed E-state index contributed by atoms with van der Waals surface area (Å²) < 4.78 is 16.1. The Hall–Kier alpha value is -4.00. The van der Waals surface area contributed by atoms with E-state index < -0.39 is 12.0 Å². The molecular weight excluding hydrogens is 444 g/mol. The second-order valence-corrected chi connectivity index (χ2v) is 8.27. The summed E-state index contributed by atoms with van der Waals surface area (Å²) in [5.41, 5.74) is 2.26. The zero-order valence-electron chi connectivity index (χ0n) is 20.2. The van der Waals surface area contributed by atoms with E-state index in [1.807, 2.05) is 79.7 Å². The van der Waals surface area contributed by atoms with E-state index in [0.717, 1.165) is 17.0 Å². The van der Waals surface area contributed by atoms with Gasteiger partial charge in [0.05, 0.1) is 32.8 Å². The molecule has 3 aromatic rings. The lowest BCUT2D eigenvalue weighted by Crippen LogP contribution is -2.46. The van der Waals surface area contributed by atoms with Gasteiger partial charge in [0.1, 0.15) is 17.2 Å². The Kier molecular flexibility index (Phi) is 7.55. The van der Waals surface area contributed by atoms with E-state index in [2.05, 4.69) is 5.32 Å². The van der Waals surface area contributed by atoms with Gasteiger partial charge in [-0.05, 0) is 79.6 Å². The number of nitrogens with one attached hydrogen (secondary N) is 1. The van der Waals surface area contributed by atoms with Gasteiger partial charge in [-0.3, -0.25) is 9.59 Å². The van der Waals surface area contributed by atoms with Gasteiger partial charge in [0, 0.05) is 17.8 Å². The maximum atomic E-state index is 13.5. The predicted octanol–water partition coefficient (Wildman–Crippen LogP) is 5.23. The van der Waals surface area contributed by atoms with Crippen LogP contribution < -0.4 is 24.4 Å². The maximum absolute atomic E-state index is 13.5. The van der Waals surface area contributed by atoms with E-state index in [-0.39, 0.29) is 18.2 Å². The van der Waals surface area contributed by atoms with Crippen molar-refractivity contribution in [1.29, 1.82) is 0 Å². The Morgan fingerprint density at radius 3 is 2.03 bits per heavy atom. The van der Waals surface area contributed by atoms with Gasteiger partial charge in [-0.1, -0.05) is 12.1 Å². The smallest absolute Gasteiger partial charge is 0.229 e. The Bertz CT molecular complexity index is 1140. The van der Waals surface area contributed by atoms with Crippen LogP contribution in [-0.2, 0) is 9.59 Å². The number of rotatable bonds is 8. The molecule has 0 radical (unpaired) electrons. The van der Waals surface area contributed by atoms with Gasteiger partial charge in [-0.15, -0.1) is 0 Å². The summed E-state index contributed by atoms with van der Waals surface area (Å²) in [5.74, 6) is 1.54. The third-order valence-corrected chi connectivity index (χ3v) is 6.17. The number of nitrogens with zero attached hydrogens (tertiary/aromatic N) is 1. The van der Waals surface area contributed by atoms with Crippen LogP contribution in [0.4, 0.5) is 11.4 Å². The van der Waals surface area contributed by atoms with Gasteiger partial charge < -0.3 is 24.4 Å². The summed E-state index contributed by atoms with van der Waals surface area (Å²) in [6, 6.07) is 21.7. The SMILES string of the molecule is CCOc1ccc(NC(=O)[C@@H]2CCC(=O)N(c3ccc(OC)cc3)[C@H]2c2ccc(OC)cc2)cc1. The monoisotopic (exact) mass is 474 g/mol. The molecule has 4 rings (SSSR count). The molecule has 3 aromatic carbocycles. The van der Waals surface area contributed by atoms with E-state index in [1.54, 1.807) is 19.1 Å². The van der Waals surface area contributed by atoms with Crippen molar-refractivity contribution < 1.29 is 23.8 Å². The Balaban J connectivity index is 1.67. The molecule has 1 heterocycles. The van der Waals surface area contributed by atoms with Crippen LogP contribution in [0.5, 0.6) is 17.2 Å². The van der Waals surface area contributed by atoms with Gasteiger partial charge in [0.15, 0.2) is 0 Å². The zero-order valence-corrected chi connectivity index (χ0v) is 20.2. The number of carbonyl (C=O) groups is 2. The predicted molar refractivity (Wildman–Crippen MR) is 135 cm³/mol. The first-order chi connectivity index (χ1) is 17.0. The van der Waals surface area contributed by atoms with Crippen molar-refractivity contribution in [2.75, 3.05) is 31.0 Å². The number of anilines is 2. The van der Waals surface area contributed by atoms with Crippen LogP contribution in [-0.4, -0.2) is 32.6 Å². The van der Waals surface area contributed by atoms with Crippen LogP contribution in [0.3, 0.4) is 0 Å². The molecule has 1 fully saturated rings. The molecule has 7 heteroatoms. The van der Waals surface area contributed by atoms with E-state index in [0.29, 0.717) is 30.2 Å². The fourth-order valence-electron chi connectivity index (χ4n) is 4.43. The van der Waals surface area contributed by atoms with Gasteiger partial charge >= 0.3 is 0 Å². The molecule has 0 aromatic heterocycles. The summed E-state index contributed by atoms with van der Waals surface area (Å²) in [4.78, 5) is 28.5. The highest BCUT2D eigenvalue weighted by molar-refractivity contribution is 6.00. The number of hydrogen-bond donors (Lipinski definition) is 1. The van der Waals surface area contributed by atoms with E-state index in [9.17, 15) is 9.59 Å². The molecule has 0 saturated carbocycles. The number of amides is 2. The lowest BCUT2D eigenvalue weighted by Gasteiger charge is -2.41. The molecule has 1 N–H and O–H groups in total. The molecule has 1 saturated heterocycles. The zero-order chi connectivity index (χ0) is 24.8. The minimum absolute atomic E-state index is 0.0268. The summed E-state index contributed by atoms with van der Waals surface area (Å²) in [6.07, 6.45) is 0.727. The van der Waals surface area contributed by atoms with Crippen LogP contribution in [0, 0.1) is 5.92 Å². The molecule has 0 bridgehead atoms. The van der Waals surface area contributed by atoms with Crippen LogP contribution in [0.15, 0.2) is 72.8 Å². The highest BCUT2D eigenvalue weighted by Gasteiger charge is 2.41. The molecule has 1 aliphatic heterocycles. The Labute approximate surface area is 205 Å². The molecule has 35 heavy (non-hydrogen) atoms. The molecule has 2 atom stereocenters. The second kappa shape index (κ2) is 11.0. The van der Waals surface area contributed by atoms with Crippen LogP contribution in [0.1, 0.15) is 31.4 Å². The average molecular weight is 475 g/mol. The minimum atomic E-state index is -0.474. The second-order valence-electron chi connectivity index (χ2n) is 8.27. The number of ether oxygens (including phenoxy) is 3. The maximum Gasteiger partial charge on any atom is 0.229 e. The van der Waals surface area contributed by atoms with E-state index in [4.69, 9.17) is 14.2 Å². The molecule has 0 unspecified atom stereocenters. The molecular formula is C28H30N2O5. The summed E-state index contributed by atoms with van der Waals surface area (Å²) in [5, 5.41) is 3.03. The third kappa shape index (κ3) is 5.40. The normalized spacial score (nSPS) is 17.6. The number of hydrogen-bond acceptors (Lipinski definition) is 5. The number of methoxy groups -OCH3 is 2. The van der Waals surface area contributed by atoms with Crippen LogP contribution in [0.25, 0.3) is 0 Å². The average Bonchev–Trinajstić information content (AvgIpc) is 2.90. The molecule has 2 amide bonds. The number of piperidine rings is 1. The third-order valence-electron chi connectivity index (χ3n) is 6.17. The Morgan fingerprint density at radius 2 is 1.46 bits per heavy atom. The summed E-state index contributed by atoms with van der Waals surface area (Å²) >= 11 is 0. The minimum Gasteiger partial charge on any atom is -0.497 e. The van der Waals surface area contributed by atoms with Gasteiger partial charge in [0.25, 0.3) is 0 Å². The molecule has 1 aliphatic rings. The highest BCUT2D eigenvalue weighted by atomic mass is 16.5. The first-order valence-electron chi connectivity index (χ1n) is 11.7. The lowest BCUT2D eigenvalue weighted by molar-refractivity contribution is -0.125. The molecule has 0 aliphatic carbocycles. The van der Waals surface area contributed by atoms with Crippen molar-refractivity contribution in [1.82, 2.24) is 0 Å². The van der Waals surface area contributed by atoms with E-state index in [1.165, 1.54) is 0 Å². The molecule has 182 valence electrons. The largest absolute Gasteiger partial charge is 0.497 e. The molecule has 0 spiro atoms. The van der Waals surface area contributed by atoms with E-state index >= 15 is 0 Å². The van der Waals surface area contributed by atoms with Crippen molar-refractivity contribution in [2.24, 2.45) is 5.92 Å². The quantitative estimate of drug-likeness (QED) is 0.484. The molecule has 7 nitrogen and oxygen atoms in total. The number of carbonyl (C=O) groups excluding carboxylic acids is 2. The highest BCUT2D eigenvalue weighted by Crippen LogP contribution is 2.41. The Morgan fingerprint density at radius 1 is 0.886 bits per heavy atom. The van der Waals surface area contributed by atoms with Crippen molar-refractivity contribution in [2.45, 2.75) is 25.8 Å².